The molecule has 14 heavy (non-hydrogen) atoms. The summed E-state index contributed by atoms with van der Waals surface area (Å²) in [4.78, 5) is 0. The maximum atomic E-state index is 7.21. The van der Waals surface area contributed by atoms with Crippen LogP contribution in [0, 0.1) is 12.3 Å². The number of benzene rings is 1. The number of ether oxygens (including phenoxy) is 1. The molecule has 0 heterocycles. The smallest absolute Gasteiger partial charge is 0.119 e. The molecule has 0 spiro atoms. The Hall–Kier alpha value is -1.31. The molecule has 1 N–H and O–H groups in total. The molecule has 0 saturated carbocycles. The molecule has 76 valence electrons. The fraction of sp³-hybridized carbons (Fsp3) is 0.417. The summed E-state index contributed by atoms with van der Waals surface area (Å²) >= 11 is 0. The van der Waals surface area contributed by atoms with Gasteiger partial charge in [0.25, 0.3) is 0 Å². The van der Waals surface area contributed by atoms with Crippen molar-refractivity contribution in [1.29, 1.82) is 5.41 Å². The molecule has 2 nitrogen and oxygen atoms in total. The maximum absolute atomic E-state index is 7.21. The van der Waals surface area contributed by atoms with E-state index in [-0.39, 0.29) is 0 Å². The Morgan fingerprint density at radius 2 is 2.21 bits per heavy atom. The summed E-state index contributed by atoms with van der Waals surface area (Å²) in [5.41, 5.74) is 2.04. The van der Waals surface area contributed by atoms with Gasteiger partial charge in [-0.3, -0.25) is 0 Å². The van der Waals surface area contributed by atoms with Crippen LogP contribution in [0.4, 0.5) is 0 Å². The number of aryl methyl sites for hydroxylation is 1. The van der Waals surface area contributed by atoms with E-state index in [1.54, 1.807) is 0 Å². The first kappa shape index (κ1) is 10.8. The van der Waals surface area contributed by atoms with Gasteiger partial charge >= 0.3 is 0 Å². The molecule has 0 aliphatic rings. The van der Waals surface area contributed by atoms with E-state index in [1.165, 1.54) is 6.21 Å². The van der Waals surface area contributed by atoms with Crippen molar-refractivity contribution < 1.29 is 4.74 Å². The first-order chi connectivity index (χ1) is 6.77. The van der Waals surface area contributed by atoms with Crippen LogP contribution in [0.15, 0.2) is 18.2 Å². The van der Waals surface area contributed by atoms with Crippen molar-refractivity contribution in [1.82, 2.24) is 0 Å². The van der Waals surface area contributed by atoms with Crippen LogP contribution in [0.1, 0.15) is 30.9 Å². The fourth-order valence-corrected chi connectivity index (χ4v) is 1.20. The van der Waals surface area contributed by atoms with Gasteiger partial charge in [0.15, 0.2) is 0 Å². The van der Waals surface area contributed by atoms with Crippen molar-refractivity contribution in [2.45, 2.75) is 26.7 Å². The van der Waals surface area contributed by atoms with Crippen LogP contribution in [0.3, 0.4) is 0 Å². The first-order valence-electron chi connectivity index (χ1n) is 5.02. The molecule has 2 heteroatoms. The van der Waals surface area contributed by atoms with Gasteiger partial charge in [-0.25, -0.2) is 0 Å². The second-order valence-corrected chi connectivity index (χ2v) is 3.36. The summed E-state index contributed by atoms with van der Waals surface area (Å²) in [5, 5.41) is 7.21. The summed E-state index contributed by atoms with van der Waals surface area (Å²) < 4.78 is 5.54. The van der Waals surface area contributed by atoms with Crippen LogP contribution in [0.5, 0.6) is 5.75 Å². The van der Waals surface area contributed by atoms with Gasteiger partial charge in [0.2, 0.25) is 0 Å². The highest BCUT2D eigenvalue weighted by Gasteiger charge is 1.98. The zero-order valence-corrected chi connectivity index (χ0v) is 8.84. The lowest BCUT2D eigenvalue weighted by Gasteiger charge is -2.07. The number of nitrogens with one attached hydrogen (secondary N) is 1. The van der Waals surface area contributed by atoms with Crippen molar-refractivity contribution in [3.63, 3.8) is 0 Å². The topological polar surface area (TPSA) is 33.1 Å². The molecule has 1 aromatic carbocycles. The predicted octanol–water partition coefficient (Wildman–Crippen LogP) is 3.17. The molecule has 0 bridgehead atoms. The van der Waals surface area contributed by atoms with Crippen LogP contribution in [-0.2, 0) is 0 Å². The molecule has 1 rings (SSSR count). The van der Waals surface area contributed by atoms with Gasteiger partial charge in [-0.15, -0.1) is 0 Å². The zero-order chi connectivity index (χ0) is 10.4. The minimum absolute atomic E-state index is 0.761. The van der Waals surface area contributed by atoms with Gasteiger partial charge in [0.05, 0.1) is 6.61 Å². The molecule has 0 fully saturated rings. The molecule has 0 aliphatic carbocycles. The SMILES string of the molecule is CCCCOc1ccc(C)c(C=N)c1. The highest BCUT2D eigenvalue weighted by Crippen LogP contribution is 2.16. The molecule has 0 radical (unpaired) electrons. The Labute approximate surface area is 85.4 Å². The van der Waals surface area contributed by atoms with E-state index < -0.39 is 0 Å². The Morgan fingerprint density at radius 1 is 1.43 bits per heavy atom. The van der Waals surface area contributed by atoms with Gasteiger partial charge < -0.3 is 10.1 Å². The predicted molar refractivity (Wildman–Crippen MR) is 59.5 cm³/mol. The fourth-order valence-electron chi connectivity index (χ4n) is 1.20. The van der Waals surface area contributed by atoms with Crippen LogP contribution >= 0.6 is 0 Å². The standard InChI is InChI=1S/C12H17NO/c1-3-4-7-14-12-6-5-10(2)11(8-12)9-13/h5-6,8-9,13H,3-4,7H2,1-2H3. The Bertz CT molecular complexity index is 307. The first-order valence-corrected chi connectivity index (χ1v) is 5.02. The number of hydrogen-bond acceptors (Lipinski definition) is 2. The van der Waals surface area contributed by atoms with E-state index in [0.717, 1.165) is 36.3 Å². The molecule has 1 aromatic rings. The highest BCUT2D eigenvalue weighted by atomic mass is 16.5. The van der Waals surface area contributed by atoms with Crippen LogP contribution in [0.25, 0.3) is 0 Å². The minimum Gasteiger partial charge on any atom is -0.494 e. The third-order valence-corrected chi connectivity index (χ3v) is 2.17. The number of hydrogen-bond donors (Lipinski definition) is 1. The second kappa shape index (κ2) is 5.43. The average Bonchev–Trinajstić information content (AvgIpc) is 2.21. The number of rotatable bonds is 5. The van der Waals surface area contributed by atoms with Crippen molar-refractivity contribution >= 4 is 6.21 Å². The lowest BCUT2D eigenvalue weighted by atomic mass is 10.1. The molecule has 0 atom stereocenters. The van der Waals surface area contributed by atoms with E-state index in [4.69, 9.17) is 10.1 Å². The largest absolute Gasteiger partial charge is 0.494 e. The third kappa shape index (κ3) is 2.87. The Kier molecular flexibility index (Phi) is 4.17. The van der Waals surface area contributed by atoms with Gasteiger partial charge in [-0.1, -0.05) is 19.4 Å². The summed E-state index contributed by atoms with van der Waals surface area (Å²) in [6.45, 7) is 4.90. The van der Waals surface area contributed by atoms with Crippen molar-refractivity contribution in [3.8, 4) is 5.75 Å². The van der Waals surface area contributed by atoms with E-state index in [2.05, 4.69) is 6.92 Å². The van der Waals surface area contributed by atoms with Gasteiger partial charge in [-0.2, -0.15) is 0 Å². The van der Waals surface area contributed by atoms with Crippen LogP contribution < -0.4 is 4.74 Å². The van der Waals surface area contributed by atoms with Crippen LogP contribution in [0.2, 0.25) is 0 Å². The van der Waals surface area contributed by atoms with E-state index in [0.29, 0.717) is 0 Å². The minimum atomic E-state index is 0.761. The summed E-state index contributed by atoms with van der Waals surface area (Å²) in [5.74, 6) is 0.863. The van der Waals surface area contributed by atoms with E-state index >= 15 is 0 Å². The molecular weight excluding hydrogens is 174 g/mol. The lowest BCUT2D eigenvalue weighted by Crippen LogP contribution is -1.97. The quantitative estimate of drug-likeness (QED) is 0.562. The Morgan fingerprint density at radius 3 is 2.86 bits per heavy atom. The lowest BCUT2D eigenvalue weighted by molar-refractivity contribution is 0.309. The summed E-state index contributed by atoms with van der Waals surface area (Å²) in [7, 11) is 0. The average molecular weight is 191 g/mol. The molecule has 0 aliphatic heterocycles. The molecule has 0 unspecified atom stereocenters. The Balaban J connectivity index is 2.64. The maximum Gasteiger partial charge on any atom is 0.119 e. The van der Waals surface area contributed by atoms with Gasteiger partial charge in [0.1, 0.15) is 5.75 Å². The van der Waals surface area contributed by atoms with Crippen molar-refractivity contribution in [2.75, 3.05) is 6.61 Å². The normalized spacial score (nSPS) is 9.86. The van der Waals surface area contributed by atoms with Crippen molar-refractivity contribution in [3.05, 3.63) is 29.3 Å². The van der Waals surface area contributed by atoms with Gasteiger partial charge in [-0.05, 0) is 36.6 Å². The second-order valence-electron chi connectivity index (χ2n) is 3.36. The van der Waals surface area contributed by atoms with Crippen LogP contribution in [-0.4, -0.2) is 12.8 Å². The zero-order valence-electron chi connectivity index (χ0n) is 8.84. The molecule has 0 amide bonds. The summed E-state index contributed by atoms with van der Waals surface area (Å²) in [6, 6.07) is 5.86. The van der Waals surface area contributed by atoms with E-state index in [1.807, 2.05) is 25.1 Å². The van der Waals surface area contributed by atoms with E-state index in [9.17, 15) is 0 Å². The van der Waals surface area contributed by atoms with Gasteiger partial charge in [0, 0.05) is 6.21 Å². The monoisotopic (exact) mass is 191 g/mol. The highest BCUT2D eigenvalue weighted by molar-refractivity contribution is 5.79. The molecular formula is C12H17NO. The number of unbranched alkanes of at least 4 members (excludes halogenated alkanes) is 1. The third-order valence-electron chi connectivity index (χ3n) is 2.17. The summed E-state index contributed by atoms with van der Waals surface area (Å²) in [6.07, 6.45) is 3.58. The van der Waals surface area contributed by atoms with Crippen molar-refractivity contribution in [2.24, 2.45) is 0 Å². The molecule has 0 aromatic heterocycles. The molecule has 0 saturated heterocycles.